The number of aromatic hydroxyl groups is 1. The minimum atomic E-state index is 0.317. The molecule has 0 aliphatic heterocycles. The average molecular weight is 320 g/mol. The van der Waals surface area contributed by atoms with Gasteiger partial charge in [0.25, 0.3) is 0 Å². The van der Waals surface area contributed by atoms with Crippen LogP contribution in [0.25, 0.3) is 0 Å². The predicted molar refractivity (Wildman–Crippen MR) is 82.3 cm³/mol. The van der Waals surface area contributed by atoms with Gasteiger partial charge in [-0.2, -0.15) is 0 Å². The number of nitrogens with one attached hydrogen (secondary N) is 1. The fourth-order valence-corrected chi connectivity index (χ4v) is 2.41. The highest BCUT2D eigenvalue weighted by Crippen LogP contribution is 2.16. The van der Waals surface area contributed by atoms with Crippen molar-refractivity contribution in [3.8, 4) is 5.75 Å². The number of halogens is 1. The summed E-state index contributed by atoms with van der Waals surface area (Å²) in [6.45, 7) is 3.02. The normalized spacial score (nSPS) is 12.3. The van der Waals surface area contributed by atoms with Gasteiger partial charge in [-0.25, -0.2) is 0 Å². The molecule has 2 aromatic rings. The lowest BCUT2D eigenvalue weighted by molar-refractivity contribution is 0.474. The average Bonchev–Trinajstić information content (AvgIpc) is 2.40. The second-order valence-corrected chi connectivity index (χ2v) is 5.60. The molecule has 0 saturated carbocycles. The smallest absolute Gasteiger partial charge is 0.115 e. The largest absolute Gasteiger partial charge is 0.508 e. The summed E-state index contributed by atoms with van der Waals surface area (Å²) in [7, 11) is 0. The monoisotopic (exact) mass is 319 g/mol. The third kappa shape index (κ3) is 4.37. The Balaban J connectivity index is 1.86. The van der Waals surface area contributed by atoms with Crippen molar-refractivity contribution in [3.05, 3.63) is 64.1 Å². The van der Waals surface area contributed by atoms with Crippen LogP contribution in [0.1, 0.15) is 18.1 Å². The Hall–Kier alpha value is -1.32. The second kappa shape index (κ2) is 6.73. The van der Waals surface area contributed by atoms with Gasteiger partial charge in [-0.15, -0.1) is 0 Å². The van der Waals surface area contributed by atoms with Crippen LogP contribution in [0.15, 0.2) is 53.0 Å². The predicted octanol–water partition coefficient (Wildman–Crippen LogP) is 3.88. The van der Waals surface area contributed by atoms with E-state index in [0.29, 0.717) is 11.8 Å². The van der Waals surface area contributed by atoms with Crippen LogP contribution in [-0.4, -0.2) is 11.1 Å². The first kappa shape index (κ1) is 14.1. The number of phenols is 1. The molecule has 19 heavy (non-hydrogen) atoms. The topological polar surface area (TPSA) is 32.3 Å². The van der Waals surface area contributed by atoms with Crippen molar-refractivity contribution in [2.24, 2.45) is 0 Å². The van der Waals surface area contributed by atoms with Gasteiger partial charge >= 0.3 is 0 Å². The van der Waals surface area contributed by atoms with Crippen LogP contribution in [0.4, 0.5) is 0 Å². The van der Waals surface area contributed by atoms with E-state index in [4.69, 9.17) is 0 Å². The maximum absolute atomic E-state index is 9.25. The first-order valence-electron chi connectivity index (χ1n) is 6.40. The first-order valence-corrected chi connectivity index (χ1v) is 7.19. The molecule has 0 fully saturated rings. The maximum atomic E-state index is 9.25. The Morgan fingerprint density at radius 2 is 1.79 bits per heavy atom. The molecule has 2 aromatic carbocycles. The van der Waals surface area contributed by atoms with E-state index >= 15 is 0 Å². The fraction of sp³-hybridized carbons (Fsp3) is 0.250. The van der Waals surface area contributed by atoms with Crippen molar-refractivity contribution >= 4 is 15.9 Å². The van der Waals surface area contributed by atoms with Gasteiger partial charge in [-0.1, -0.05) is 46.3 Å². The molecule has 0 amide bonds. The van der Waals surface area contributed by atoms with Crippen LogP contribution >= 0.6 is 15.9 Å². The lowest BCUT2D eigenvalue weighted by Gasteiger charge is -2.14. The minimum Gasteiger partial charge on any atom is -0.508 e. The number of rotatable bonds is 5. The quantitative estimate of drug-likeness (QED) is 0.876. The molecular formula is C16H18BrNO. The van der Waals surface area contributed by atoms with E-state index in [1.54, 1.807) is 12.1 Å². The van der Waals surface area contributed by atoms with E-state index in [-0.39, 0.29) is 0 Å². The zero-order valence-corrected chi connectivity index (χ0v) is 12.5. The Kier molecular flexibility index (Phi) is 5.00. The molecule has 0 heterocycles. The zero-order valence-electron chi connectivity index (χ0n) is 10.9. The molecule has 0 saturated heterocycles. The van der Waals surface area contributed by atoms with Crippen LogP contribution in [0, 0.1) is 0 Å². The summed E-state index contributed by atoms with van der Waals surface area (Å²) >= 11 is 3.55. The molecule has 2 rings (SSSR count). The SMILES string of the molecule is CC(Cc1ccc(O)cc1)NCc1ccccc1Br. The van der Waals surface area contributed by atoms with Gasteiger partial charge in [-0.3, -0.25) is 0 Å². The molecule has 0 aromatic heterocycles. The van der Waals surface area contributed by atoms with E-state index in [1.165, 1.54) is 11.1 Å². The molecule has 0 radical (unpaired) electrons. The van der Waals surface area contributed by atoms with Crippen molar-refractivity contribution in [2.75, 3.05) is 0 Å². The van der Waals surface area contributed by atoms with Gasteiger partial charge in [0.1, 0.15) is 5.75 Å². The molecule has 1 unspecified atom stereocenters. The lowest BCUT2D eigenvalue weighted by atomic mass is 10.1. The molecule has 100 valence electrons. The highest BCUT2D eigenvalue weighted by molar-refractivity contribution is 9.10. The Morgan fingerprint density at radius 3 is 2.47 bits per heavy atom. The Bertz CT molecular complexity index is 525. The van der Waals surface area contributed by atoms with Crippen LogP contribution in [0.2, 0.25) is 0 Å². The van der Waals surface area contributed by atoms with E-state index in [1.807, 2.05) is 24.3 Å². The summed E-state index contributed by atoms with van der Waals surface area (Å²) in [4.78, 5) is 0. The molecule has 0 aliphatic carbocycles. The number of phenolic OH excluding ortho intramolecular Hbond substituents is 1. The number of hydrogen-bond acceptors (Lipinski definition) is 2. The molecule has 0 aliphatic rings. The second-order valence-electron chi connectivity index (χ2n) is 4.74. The summed E-state index contributed by atoms with van der Waals surface area (Å²) in [5.41, 5.74) is 2.49. The highest BCUT2D eigenvalue weighted by atomic mass is 79.9. The summed E-state index contributed by atoms with van der Waals surface area (Å²) in [6, 6.07) is 16.0. The van der Waals surface area contributed by atoms with E-state index in [9.17, 15) is 5.11 Å². The van der Waals surface area contributed by atoms with Crippen LogP contribution in [0.3, 0.4) is 0 Å². The summed E-state index contributed by atoms with van der Waals surface area (Å²) in [5, 5.41) is 12.8. The van der Waals surface area contributed by atoms with Gasteiger partial charge in [0.05, 0.1) is 0 Å². The minimum absolute atomic E-state index is 0.317. The lowest BCUT2D eigenvalue weighted by Crippen LogP contribution is -2.27. The molecule has 2 N–H and O–H groups in total. The van der Waals surface area contributed by atoms with Crippen LogP contribution in [-0.2, 0) is 13.0 Å². The standard InChI is InChI=1S/C16H18BrNO/c1-12(10-13-6-8-15(19)9-7-13)18-11-14-4-2-3-5-16(14)17/h2-9,12,18-19H,10-11H2,1H3. The third-order valence-corrected chi connectivity index (χ3v) is 3.85. The van der Waals surface area contributed by atoms with Gasteiger partial charge in [0, 0.05) is 17.1 Å². The number of benzene rings is 2. The van der Waals surface area contributed by atoms with E-state index < -0.39 is 0 Å². The van der Waals surface area contributed by atoms with Gasteiger partial charge in [0.2, 0.25) is 0 Å². The molecule has 0 bridgehead atoms. The van der Waals surface area contributed by atoms with E-state index in [0.717, 1.165) is 17.4 Å². The van der Waals surface area contributed by atoms with Gasteiger partial charge in [0.15, 0.2) is 0 Å². The summed E-state index contributed by atoms with van der Waals surface area (Å²) in [6.07, 6.45) is 0.949. The van der Waals surface area contributed by atoms with Crippen LogP contribution < -0.4 is 5.32 Å². The van der Waals surface area contributed by atoms with Crippen LogP contribution in [0.5, 0.6) is 5.75 Å². The molecule has 3 heteroatoms. The Morgan fingerprint density at radius 1 is 1.11 bits per heavy atom. The molecule has 1 atom stereocenters. The van der Waals surface area contributed by atoms with Crippen molar-refractivity contribution in [1.82, 2.24) is 5.32 Å². The maximum Gasteiger partial charge on any atom is 0.115 e. The van der Waals surface area contributed by atoms with Crippen molar-refractivity contribution < 1.29 is 5.11 Å². The Labute approximate surface area is 122 Å². The zero-order chi connectivity index (χ0) is 13.7. The van der Waals surface area contributed by atoms with E-state index in [2.05, 4.69) is 40.3 Å². The van der Waals surface area contributed by atoms with Gasteiger partial charge < -0.3 is 10.4 Å². The van der Waals surface area contributed by atoms with Crippen molar-refractivity contribution in [2.45, 2.75) is 25.9 Å². The molecule has 2 nitrogen and oxygen atoms in total. The summed E-state index contributed by atoms with van der Waals surface area (Å²) in [5.74, 6) is 0.317. The third-order valence-electron chi connectivity index (χ3n) is 3.08. The highest BCUT2D eigenvalue weighted by Gasteiger charge is 2.05. The van der Waals surface area contributed by atoms with Gasteiger partial charge in [-0.05, 0) is 42.7 Å². The molecular weight excluding hydrogens is 302 g/mol. The number of hydrogen-bond donors (Lipinski definition) is 2. The first-order chi connectivity index (χ1) is 9.15. The molecule has 0 spiro atoms. The fourth-order valence-electron chi connectivity index (χ4n) is 1.98. The van der Waals surface area contributed by atoms with Crippen molar-refractivity contribution in [3.63, 3.8) is 0 Å². The summed E-state index contributed by atoms with van der Waals surface area (Å²) < 4.78 is 1.14. The van der Waals surface area contributed by atoms with Crippen molar-refractivity contribution in [1.29, 1.82) is 0 Å².